The predicted molar refractivity (Wildman–Crippen MR) is 140 cm³/mol. The van der Waals surface area contributed by atoms with Crippen LogP contribution in [0.25, 0.3) is 0 Å². The van der Waals surface area contributed by atoms with Gasteiger partial charge in [0.25, 0.3) is 0 Å². The molecule has 0 bridgehead atoms. The maximum Gasteiger partial charge on any atom is 0.250 e. The van der Waals surface area contributed by atoms with Crippen LogP contribution >= 0.6 is 0 Å². The molecule has 1 saturated carbocycles. The van der Waals surface area contributed by atoms with Gasteiger partial charge in [-0.15, -0.1) is 0 Å². The highest BCUT2D eigenvalue weighted by Crippen LogP contribution is 2.44. The second kappa shape index (κ2) is 10.3. The lowest BCUT2D eigenvalue weighted by molar-refractivity contribution is -0.134. The van der Waals surface area contributed by atoms with Crippen molar-refractivity contribution in [1.29, 1.82) is 10.5 Å². The van der Waals surface area contributed by atoms with Gasteiger partial charge in [-0.1, -0.05) is 12.1 Å². The number of nitrogens with zero attached hydrogens (tertiary/aromatic N) is 5. The summed E-state index contributed by atoms with van der Waals surface area (Å²) in [5.41, 5.74) is 0.412. The summed E-state index contributed by atoms with van der Waals surface area (Å²) in [6, 6.07) is 17.7. The molecule has 2 aromatic rings. The summed E-state index contributed by atoms with van der Waals surface area (Å²) in [5.74, 6) is -0.834. The third-order valence-electron chi connectivity index (χ3n) is 8.93. The second-order valence-corrected chi connectivity index (χ2v) is 11.1. The van der Waals surface area contributed by atoms with Crippen molar-refractivity contribution in [1.82, 2.24) is 9.80 Å². The van der Waals surface area contributed by atoms with Crippen LogP contribution in [0, 0.1) is 40.2 Å². The monoisotopic (exact) mass is 517 g/mol. The van der Waals surface area contributed by atoms with Crippen molar-refractivity contribution < 1.29 is 13.6 Å². The molecule has 0 radical (unpaired) electrons. The van der Waals surface area contributed by atoms with E-state index in [0.717, 1.165) is 50.0 Å². The number of hydrogen-bond donors (Lipinski definition) is 0. The zero-order valence-corrected chi connectivity index (χ0v) is 21.7. The average molecular weight is 518 g/mol. The zero-order chi connectivity index (χ0) is 26.9. The van der Waals surface area contributed by atoms with Gasteiger partial charge in [0.1, 0.15) is 17.2 Å². The second-order valence-electron chi connectivity index (χ2n) is 11.1. The molecule has 1 spiro atoms. The van der Waals surface area contributed by atoms with Crippen molar-refractivity contribution in [2.45, 2.75) is 62.4 Å². The van der Waals surface area contributed by atoms with E-state index in [1.807, 2.05) is 6.92 Å². The number of likely N-dealkylation sites (tertiary alicyclic amines) is 1. The molecule has 6 nitrogen and oxygen atoms in total. The molecule has 0 N–H and O–H groups in total. The SMILES string of the molecule is CC(C#N)CN1CN(c2ccc(F)cc2)C2(CCN(C3CCC(C#N)(c4ccc(F)cc4)CC3)CC2)C1=O. The van der Waals surface area contributed by atoms with Gasteiger partial charge in [0, 0.05) is 31.4 Å². The summed E-state index contributed by atoms with van der Waals surface area (Å²) >= 11 is 0. The van der Waals surface area contributed by atoms with Crippen molar-refractivity contribution >= 4 is 11.6 Å². The maximum absolute atomic E-state index is 13.8. The summed E-state index contributed by atoms with van der Waals surface area (Å²) < 4.78 is 27.1. The zero-order valence-electron chi connectivity index (χ0n) is 21.7. The largest absolute Gasteiger partial charge is 0.339 e. The normalized spacial score (nSPS) is 26.2. The fraction of sp³-hybridized carbons (Fsp3) is 0.500. The van der Waals surface area contributed by atoms with E-state index in [-0.39, 0.29) is 23.5 Å². The van der Waals surface area contributed by atoms with Crippen molar-refractivity contribution in [3.63, 3.8) is 0 Å². The first-order valence-corrected chi connectivity index (χ1v) is 13.4. The number of nitriles is 2. The van der Waals surface area contributed by atoms with Gasteiger partial charge in [-0.25, -0.2) is 8.78 Å². The summed E-state index contributed by atoms with van der Waals surface area (Å²) in [6.45, 7) is 4.10. The van der Waals surface area contributed by atoms with Crippen LogP contribution in [-0.2, 0) is 10.2 Å². The summed E-state index contributed by atoms with van der Waals surface area (Å²) in [7, 11) is 0. The molecule has 2 aliphatic heterocycles. The van der Waals surface area contributed by atoms with Gasteiger partial charge in [0.2, 0.25) is 5.91 Å². The minimum Gasteiger partial charge on any atom is -0.339 e. The molecule has 2 aromatic carbocycles. The highest BCUT2D eigenvalue weighted by Gasteiger charge is 2.54. The van der Waals surface area contributed by atoms with Gasteiger partial charge in [-0.2, -0.15) is 10.5 Å². The molecule has 1 unspecified atom stereocenters. The van der Waals surface area contributed by atoms with E-state index in [0.29, 0.717) is 32.1 Å². The number of carbonyl (C=O) groups is 1. The van der Waals surface area contributed by atoms with E-state index in [9.17, 15) is 24.1 Å². The van der Waals surface area contributed by atoms with E-state index >= 15 is 0 Å². The molecule has 5 rings (SSSR count). The summed E-state index contributed by atoms with van der Waals surface area (Å²) in [4.78, 5) is 20.1. The van der Waals surface area contributed by atoms with E-state index < -0.39 is 11.0 Å². The van der Waals surface area contributed by atoms with Gasteiger partial charge < -0.3 is 14.7 Å². The molecule has 3 fully saturated rings. The third-order valence-corrected chi connectivity index (χ3v) is 8.93. The number of halogens is 2. The lowest BCUT2D eigenvalue weighted by atomic mass is 9.68. The van der Waals surface area contributed by atoms with Crippen LogP contribution in [0.5, 0.6) is 0 Å². The van der Waals surface area contributed by atoms with Gasteiger partial charge >= 0.3 is 0 Å². The first-order valence-electron chi connectivity index (χ1n) is 13.4. The molecule has 2 saturated heterocycles. The highest BCUT2D eigenvalue weighted by molar-refractivity contribution is 5.93. The molecule has 198 valence electrons. The van der Waals surface area contributed by atoms with Crippen LogP contribution in [0.1, 0.15) is 51.0 Å². The van der Waals surface area contributed by atoms with Crippen molar-refractivity contribution in [3.8, 4) is 12.1 Å². The Morgan fingerprint density at radius 2 is 1.53 bits per heavy atom. The lowest BCUT2D eigenvalue weighted by Crippen LogP contribution is -2.58. The van der Waals surface area contributed by atoms with E-state index in [4.69, 9.17) is 0 Å². The third kappa shape index (κ3) is 4.63. The Morgan fingerprint density at radius 1 is 0.947 bits per heavy atom. The number of benzene rings is 2. The van der Waals surface area contributed by atoms with Gasteiger partial charge in [-0.3, -0.25) is 4.79 Å². The van der Waals surface area contributed by atoms with Crippen LogP contribution in [0.3, 0.4) is 0 Å². The van der Waals surface area contributed by atoms with Crippen molar-refractivity contribution in [2.75, 3.05) is 31.2 Å². The lowest BCUT2D eigenvalue weighted by Gasteiger charge is -2.47. The molecule has 1 atom stereocenters. The number of amides is 1. The highest BCUT2D eigenvalue weighted by atomic mass is 19.1. The molecule has 3 aliphatic rings. The van der Waals surface area contributed by atoms with E-state index in [1.54, 1.807) is 29.2 Å². The number of rotatable bonds is 5. The number of hydrogen-bond acceptors (Lipinski definition) is 5. The molecule has 8 heteroatoms. The first kappa shape index (κ1) is 26.1. The molecular weight excluding hydrogens is 484 g/mol. The summed E-state index contributed by atoms with van der Waals surface area (Å²) in [5, 5.41) is 19.4. The van der Waals surface area contributed by atoms with Crippen LogP contribution < -0.4 is 4.90 Å². The van der Waals surface area contributed by atoms with E-state index in [2.05, 4.69) is 21.9 Å². The first-order chi connectivity index (χ1) is 18.3. The van der Waals surface area contributed by atoms with Crippen molar-refractivity contribution in [3.05, 3.63) is 65.7 Å². The Morgan fingerprint density at radius 3 is 2.08 bits per heavy atom. The Labute approximate surface area is 223 Å². The Kier molecular flexibility index (Phi) is 7.11. The average Bonchev–Trinajstić information content (AvgIpc) is 3.20. The number of anilines is 1. The minimum atomic E-state index is -0.706. The van der Waals surface area contributed by atoms with E-state index in [1.165, 1.54) is 24.3 Å². The standard InChI is InChI=1S/C30H33F2N5O/c1-22(18-33)19-36-21-37(27-8-6-25(32)7-9-27)30(28(36)38)14-16-35(17-15-30)26-10-12-29(20-34,13-11-26)23-2-4-24(31)5-3-23/h2-9,22,26H,10-17,19,21H2,1H3. The fourth-order valence-electron chi connectivity index (χ4n) is 6.68. The molecule has 1 aliphatic carbocycles. The molecule has 0 aromatic heterocycles. The predicted octanol–water partition coefficient (Wildman–Crippen LogP) is 4.97. The molecular formula is C30H33F2N5O. The molecule has 1 amide bonds. The minimum absolute atomic E-state index is 0.0482. The summed E-state index contributed by atoms with van der Waals surface area (Å²) in [6.07, 6.45) is 4.50. The Balaban J connectivity index is 1.30. The quantitative estimate of drug-likeness (QED) is 0.560. The fourth-order valence-corrected chi connectivity index (χ4v) is 6.68. The maximum atomic E-state index is 13.8. The van der Waals surface area contributed by atoms with Crippen LogP contribution in [-0.4, -0.2) is 53.6 Å². The van der Waals surface area contributed by atoms with Gasteiger partial charge in [0.15, 0.2) is 0 Å². The van der Waals surface area contributed by atoms with Gasteiger partial charge in [0.05, 0.1) is 30.1 Å². The van der Waals surface area contributed by atoms with Crippen molar-refractivity contribution in [2.24, 2.45) is 5.92 Å². The molecule has 2 heterocycles. The number of carbonyl (C=O) groups excluding carboxylic acids is 1. The van der Waals surface area contributed by atoms with Crippen LogP contribution in [0.4, 0.5) is 14.5 Å². The number of piperidine rings is 1. The molecule has 38 heavy (non-hydrogen) atoms. The van der Waals surface area contributed by atoms with Crippen LogP contribution in [0.15, 0.2) is 48.5 Å². The smallest absolute Gasteiger partial charge is 0.250 e. The Bertz CT molecular complexity index is 1230. The van der Waals surface area contributed by atoms with Gasteiger partial charge in [-0.05, 0) is 87.4 Å². The topological polar surface area (TPSA) is 74.4 Å². The van der Waals surface area contributed by atoms with Crippen LogP contribution in [0.2, 0.25) is 0 Å². The Hall–Kier alpha value is -3.49.